The summed E-state index contributed by atoms with van der Waals surface area (Å²) in [5, 5.41) is 14.8. The molecule has 0 saturated heterocycles. The Kier molecular flexibility index (Phi) is 7.97. The first kappa shape index (κ1) is 22.9. The third-order valence-corrected chi connectivity index (χ3v) is 4.31. The van der Waals surface area contributed by atoms with Crippen LogP contribution in [-0.4, -0.2) is 28.1 Å². The summed E-state index contributed by atoms with van der Waals surface area (Å²) >= 11 is 0. The van der Waals surface area contributed by atoms with Crippen LogP contribution in [0.3, 0.4) is 0 Å². The van der Waals surface area contributed by atoms with Crippen LogP contribution in [0.1, 0.15) is 24.3 Å². The van der Waals surface area contributed by atoms with Crippen LogP contribution in [0.4, 0.5) is 5.69 Å². The molecule has 30 heavy (non-hydrogen) atoms. The van der Waals surface area contributed by atoms with Gasteiger partial charge in [-0.25, -0.2) is 4.68 Å². The molecule has 1 unspecified atom stereocenters. The molecule has 0 fully saturated rings. The third kappa shape index (κ3) is 5.59. The van der Waals surface area contributed by atoms with Crippen molar-refractivity contribution in [3.05, 3.63) is 71.9 Å². The van der Waals surface area contributed by atoms with Crippen LogP contribution < -0.4 is 16.8 Å². The van der Waals surface area contributed by atoms with E-state index in [1.54, 1.807) is 24.4 Å². The Morgan fingerprint density at radius 2 is 1.97 bits per heavy atom. The van der Waals surface area contributed by atoms with Crippen molar-refractivity contribution in [2.45, 2.75) is 19.7 Å². The smallest absolute Gasteiger partial charge is 0.272 e. The fraction of sp³-hybridized carbons (Fsp3) is 0.190. The van der Waals surface area contributed by atoms with Crippen LogP contribution in [0.5, 0.6) is 0 Å². The van der Waals surface area contributed by atoms with Gasteiger partial charge in [0.05, 0.1) is 5.69 Å². The van der Waals surface area contributed by atoms with Crippen LogP contribution in [-0.2, 0) is 16.1 Å². The van der Waals surface area contributed by atoms with E-state index in [1.165, 1.54) is 4.68 Å². The molecular weight excluding hydrogens is 404 g/mol. The lowest BCUT2D eigenvalue weighted by atomic mass is 10.1. The molecule has 8 nitrogen and oxygen atoms in total. The monoisotopic (exact) mass is 428 g/mol. The van der Waals surface area contributed by atoms with Gasteiger partial charge in [-0.3, -0.25) is 10.2 Å². The minimum atomic E-state index is -0.883. The summed E-state index contributed by atoms with van der Waals surface area (Å²) in [6, 6.07) is 16.3. The molecule has 2 aromatic carbocycles. The van der Waals surface area contributed by atoms with Crippen molar-refractivity contribution < 1.29 is 9.53 Å². The number of amides is 1. The van der Waals surface area contributed by atoms with E-state index in [-0.39, 0.29) is 24.1 Å². The maximum atomic E-state index is 12.7. The van der Waals surface area contributed by atoms with Crippen molar-refractivity contribution in [2.24, 2.45) is 5.73 Å². The van der Waals surface area contributed by atoms with Crippen molar-refractivity contribution in [1.82, 2.24) is 15.1 Å². The number of rotatable bonds is 8. The van der Waals surface area contributed by atoms with E-state index < -0.39 is 6.23 Å². The van der Waals surface area contributed by atoms with Crippen LogP contribution in [0.15, 0.2) is 60.8 Å². The van der Waals surface area contributed by atoms with Crippen molar-refractivity contribution in [2.75, 3.05) is 12.3 Å². The highest BCUT2D eigenvalue weighted by atomic mass is 35.5. The molecule has 0 spiro atoms. The number of nitrogens with one attached hydrogen (secondary N) is 2. The van der Waals surface area contributed by atoms with E-state index in [9.17, 15) is 4.79 Å². The first-order valence-electron chi connectivity index (χ1n) is 9.21. The van der Waals surface area contributed by atoms with E-state index in [2.05, 4.69) is 10.4 Å². The molecule has 1 heterocycles. The molecule has 0 radical (unpaired) electrons. The second-order valence-electron chi connectivity index (χ2n) is 6.44. The van der Waals surface area contributed by atoms with E-state index in [1.807, 2.05) is 43.3 Å². The summed E-state index contributed by atoms with van der Waals surface area (Å²) < 4.78 is 7.12. The number of carbonyl (C=O) groups is 1. The van der Waals surface area contributed by atoms with Crippen molar-refractivity contribution in [1.29, 1.82) is 5.41 Å². The number of hydrogen-bond donors (Lipinski definition) is 4. The average molecular weight is 429 g/mol. The Morgan fingerprint density at radius 3 is 2.60 bits per heavy atom. The first-order valence-corrected chi connectivity index (χ1v) is 9.21. The molecule has 1 amide bonds. The normalized spacial score (nSPS) is 11.4. The molecule has 3 rings (SSSR count). The minimum absolute atomic E-state index is 0. The standard InChI is InChI=1S/C21H24N6O2.ClH/c1-2-29-21(20(28)25-13-14-6-8-15(9-7-14)19(23)24)27-11-10-18(26-27)16-4-3-5-17(22)12-16;/h3-12,21H,2,13,22H2,1H3,(H3,23,24)(H,25,28);1H. The van der Waals surface area contributed by atoms with Crippen molar-refractivity contribution >= 4 is 29.8 Å². The van der Waals surface area contributed by atoms with Crippen LogP contribution >= 0.6 is 12.4 Å². The van der Waals surface area contributed by atoms with E-state index in [0.717, 1.165) is 11.1 Å². The first-order chi connectivity index (χ1) is 14.0. The molecule has 0 saturated carbocycles. The minimum Gasteiger partial charge on any atom is -0.399 e. The number of amidine groups is 1. The molecule has 158 valence electrons. The molecule has 3 aromatic rings. The molecule has 1 atom stereocenters. The van der Waals surface area contributed by atoms with E-state index >= 15 is 0 Å². The van der Waals surface area contributed by atoms with Gasteiger partial charge in [-0.2, -0.15) is 5.10 Å². The topological polar surface area (TPSA) is 132 Å². The quantitative estimate of drug-likeness (QED) is 0.249. The largest absolute Gasteiger partial charge is 0.399 e. The zero-order valence-electron chi connectivity index (χ0n) is 16.5. The molecular formula is C21H25ClN6O2. The SMILES string of the molecule is CCOC(C(=O)NCc1ccc(C(=N)N)cc1)n1ccc(-c2cccc(N)c2)n1.Cl. The summed E-state index contributed by atoms with van der Waals surface area (Å²) in [6.07, 6.45) is 0.825. The Bertz CT molecular complexity index is 1000. The fourth-order valence-electron chi connectivity index (χ4n) is 2.83. The maximum absolute atomic E-state index is 12.7. The van der Waals surface area contributed by atoms with Gasteiger partial charge in [-0.1, -0.05) is 36.4 Å². The molecule has 0 aliphatic heterocycles. The predicted molar refractivity (Wildman–Crippen MR) is 119 cm³/mol. The van der Waals surface area contributed by atoms with Gasteiger partial charge in [0, 0.05) is 36.2 Å². The number of aromatic nitrogens is 2. The highest BCUT2D eigenvalue weighted by Crippen LogP contribution is 2.21. The van der Waals surface area contributed by atoms with Crippen LogP contribution in [0, 0.1) is 5.41 Å². The lowest BCUT2D eigenvalue weighted by Gasteiger charge is -2.17. The fourth-order valence-corrected chi connectivity index (χ4v) is 2.83. The van der Waals surface area contributed by atoms with Gasteiger partial charge in [0.2, 0.25) is 6.23 Å². The molecule has 0 aliphatic rings. The summed E-state index contributed by atoms with van der Waals surface area (Å²) in [4.78, 5) is 12.7. The predicted octanol–water partition coefficient (Wildman–Crippen LogP) is 2.69. The highest BCUT2D eigenvalue weighted by Gasteiger charge is 2.21. The van der Waals surface area contributed by atoms with Gasteiger partial charge in [-0.05, 0) is 30.7 Å². The average Bonchev–Trinajstić information content (AvgIpc) is 3.20. The number of carbonyl (C=O) groups excluding carboxylic acids is 1. The third-order valence-electron chi connectivity index (χ3n) is 4.31. The second-order valence-corrected chi connectivity index (χ2v) is 6.44. The number of halogens is 1. The van der Waals surface area contributed by atoms with Gasteiger partial charge in [0.15, 0.2) is 0 Å². The van der Waals surface area contributed by atoms with Crippen molar-refractivity contribution in [3.63, 3.8) is 0 Å². The number of nitrogen functional groups attached to an aromatic ring is 2. The second kappa shape index (κ2) is 10.4. The van der Waals surface area contributed by atoms with Crippen LogP contribution in [0.25, 0.3) is 11.3 Å². The number of ether oxygens (including phenoxy) is 1. The molecule has 6 N–H and O–H groups in total. The maximum Gasteiger partial charge on any atom is 0.272 e. The lowest BCUT2D eigenvalue weighted by molar-refractivity contribution is -0.139. The van der Waals surface area contributed by atoms with E-state index in [0.29, 0.717) is 30.1 Å². The molecule has 9 heteroatoms. The Balaban J connectivity index is 0.00000320. The zero-order valence-corrected chi connectivity index (χ0v) is 17.4. The molecule has 0 bridgehead atoms. The lowest BCUT2D eigenvalue weighted by Crippen LogP contribution is -2.34. The number of hydrogen-bond acceptors (Lipinski definition) is 5. The summed E-state index contributed by atoms with van der Waals surface area (Å²) in [6.45, 7) is 2.51. The Morgan fingerprint density at radius 1 is 1.23 bits per heavy atom. The highest BCUT2D eigenvalue weighted by molar-refractivity contribution is 5.94. The number of benzene rings is 2. The van der Waals surface area contributed by atoms with Crippen molar-refractivity contribution in [3.8, 4) is 11.3 Å². The molecule has 1 aromatic heterocycles. The van der Waals surface area contributed by atoms with E-state index in [4.69, 9.17) is 21.6 Å². The zero-order chi connectivity index (χ0) is 20.8. The van der Waals surface area contributed by atoms with Gasteiger partial charge in [0.25, 0.3) is 5.91 Å². The number of anilines is 1. The number of nitrogens with two attached hydrogens (primary N) is 2. The summed E-state index contributed by atoms with van der Waals surface area (Å²) in [7, 11) is 0. The Labute approximate surface area is 181 Å². The Hall–Kier alpha value is -3.36. The van der Waals surface area contributed by atoms with Gasteiger partial charge >= 0.3 is 0 Å². The van der Waals surface area contributed by atoms with Crippen LogP contribution in [0.2, 0.25) is 0 Å². The van der Waals surface area contributed by atoms with Gasteiger partial charge < -0.3 is 21.5 Å². The number of nitrogens with zero attached hydrogens (tertiary/aromatic N) is 2. The summed E-state index contributed by atoms with van der Waals surface area (Å²) in [5.41, 5.74) is 15.0. The summed E-state index contributed by atoms with van der Waals surface area (Å²) in [5.74, 6) is -0.295. The van der Waals surface area contributed by atoms with Gasteiger partial charge in [0.1, 0.15) is 5.84 Å². The molecule has 0 aliphatic carbocycles. The van der Waals surface area contributed by atoms with Gasteiger partial charge in [-0.15, -0.1) is 12.4 Å².